The van der Waals surface area contributed by atoms with Crippen LogP contribution in [0.5, 0.6) is 0 Å². The molecule has 1 aromatic rings. The Kier molecular flexibility index (Phi) is 7.80. The van der Waals surface area contributed by atoms with Crippen molar-refractivity contribution in [3.8, 4) is 0 Å². The van der Waals surface area contributed by atoms with Gasteiger partial charge in [0.1, 0.15) is 22.0 Å². The van der Waals surface area contributed by atoms with E-state index in [1.54, 1.807) is 11.8 Å². The van der Waals surface area contributed by atoms with Crippen molar-refractivity contribution in [1.29, 1.82) is 0 Å². The number of amides is 1. The number of sulfonamides is 1. The normalized spacial score (nSPS) is 18.9. The van der Waals surface area contributed by atoms with Crippen LogP contribution in [0.2, 0.25) is 0 Å². The molecule has 0 unspecified atom stereocenters. The van der Waals surface area contributed by atoms with Crippen molar-refractivity contribution >= 4 is 21.9 Å². The lowest BCUT2D eigenvalue weighted by Gasteiger charge is -2.34. The number of methoxy groups -OCH3 is 1. The minimum atomic E-state index is -3.94. The van der Waals surface area contributed by atoms with E-state index >= 15 is 0 Å². The average molecular weight is 455 g/mol. The second-order valence-corrected chi connectivity index (χ2v) is 10.5. The molecule has 1 aromatic heterocycles. The molecule has 8 nitrogen and oxygen atoms in total. The van der Waals surface area contributed by atoms with E-state index < -0.39 is 16.0 Å². The van der Waals surface area contributed by atoms with Crippen LogP contribution in [0, 0.1) is 19.8 Å². The maximum atomic E-state index is 13.2. The van der Waals surface area contributed by atoms with Gasteiger partial charge in [-0.15, -0.1) is 0 Å². The second kappa shape index (κ2) is 10.2. The molecule has 1 amide bonds. The Morgan fingerprint density at radius 2 is 1.68 bits per heavy atom. The maximum Gasteiger partial charge on any atom is 0.342 e. The van der Waals surface area contributed by atoms with E-state index in [4.69, 9.17) is 9.15 Å². The van der Waals surface area contributed by atoms with Gasteiger partial charge in [0.15, 0.2) is 0 Å². The van der Waals surface area contributed by atoms with Gasteiger partial charge in [-0.2, -0.15) is 4.31 Å². The molecule has 174 valence electrons. The molecule has 2 aliphatic rings. The third-order valence-electron chi connectivity index (χ3n) is 6.51. The van der Waals surface area contributed by atoms with Crippen molar-refractivity contribution in [3.63, 3.8) is 0 Å². The van der Waals surface area contributed by atoms with Gasteiger partial charge in [0.2, 0.25) is 15.9 Å². The summed E-state index contributed by atoms with van der Waals surface area (Å²) in [7, 11) is -2.73. The number of furan rings is 1. The highest BCUT2D eigenvalue weighted by molar-refractivity contribution is 7.89. The van der Waals surface area contributed by atoms with Crippen molar-refractivity contribution in [2.45, 2.75) is 70.1 Å². The second-order valence-electron chi connectivity index (χ2n) is 8.59. The highest BCUT2D eigenvalue weighted by Crippen LogP contribution is 2.31. The molecule has 1 saturated carbocycles. The van der Waals surface area contributed by atoms with E-state index in [0.29, 0.717) is 19.5 Å². The molecular formula is C22H34N2O6S. The van der Waals surface area contributed by atoms with Gasteiger partial charge >= 0.3 is 5.97 Å². The molecule has 2 heterocycles. The first-order valence-electron chi connectivity index (χ1n) is 11.2. The zero-order valence-electron chi connectivity index (χ0n) is 18.8. The van der Waals surface area contributed by atoms with Gasteiger partial charge in [0.25, 0.3) is 0 Å². The SMILES string of the molecule is COC(=O)c1c(C)oc(C)c1S(=O)(=O)N1CCN(C(=O)CCCC2CCCCC2)CC1. The molecule has 0 spiro atoms. The Labute approximate surface area is 185 Å². The highest BCUT2D eigenvalue weighted by atomic mass is 32.2. The van der Waals surface area contributed by atoms with Gasteiger partial charge in [-0.1, -0.05) is 32.1 Å². The number of aryl methyl sites for hydroxylation is 2. The van der Waals surface area contributed by atoms with Crippen molar-refractivity contribution in [2.75, 3.05) is 33.3 Å². The van der Waals surface area contributed by atoms with Crippen LogP contribution in [0.4, 0.5) is 0 Å². The van der Waals surface area contributed by atoms with Gasteiger partial charge in [-0.25, -0.2) is 13.2 Å². The van der Waals surface area contributed by atoms with Gasteiger partial charge in [0.05, 0.1) is 7.11 Å². The van der Waals surface area contributed by atoms with E-state index in [0.717, 1.165) is 18.8 Å². The Balaban J connectivity index is 1.57. The summed E-state index contributed by atoms with van der Waals surface area (Å²) < 4.78 is 38.0. The molecule has 0 bridgehead atoms. The molecule has 1 aliphatic carbocycles. The summed E-state index contributed by atoms with van der Waals surface area (Å²) in [6.07, 6.45) is 9.05. The lowest BCUT2D eigenvalue weighted by atomic mass is 9.86. The number of carbonyl (C=O) groups excluding carboxylic acids is 2. The molecule has 9 heteroatoms. The molecule has 1 saturated heterocycles. The summed E-state index contributed by atoms with van der Waals surface area (Å²) >= 11 is 0. The Hall–Kier alpha value is -1.87. The van der Waals surface area contributed by atoms with Crippen LogP contribution in [-0.4, -0.2) is 62.8 Å². The van der Waals surface area contributed by atoms with Crippen LogP contribution >= 0.6 is 0 Å². The third-order valence-corrected chi connectivity index (χ3v) is 8.56. The number of hydrogen-bond acceptors (Lipinski definition) is 6. The zero-order valence-corrected chi connectivity index (χ0v) is 19.6. The minimum Gasteiger partial charge on any atom is -0.465 e. The number of esters is 1. The topological polar surface area (TPSA) is 97.1 Å². The van der Waals surface area contributed by atoms with E-state index in [9.17, 15) is 18.0 Å². The summed E-state index contributed by atoms with van der Waals surface area (Å²) in [5, 5.41) is 0. The number of piperazine rings is 1. The number of ether oxygens (including phenoxy) is 1. The number of carbonyl (C=O) groups is 2. The summed E-state index contributed by atoms with van der Waals surface area (Å²) in [6.45, 7) is 4.17. The predicted octanol–water partition coefficient (Wildman–Crippen LogP) is 3.27. The first kappa shape index (κ1) is 23.8. The number of hydrogen-bond donors (Lipinski definition) is 0. The first-order chi connectivity index (χ1) is 14.8. The van der Waals surface area contributed by atoms with Gasteiger partial charge in [-0.3, -0.25) is 4.79 Å². The van der Waals surface area contributed by atoms with Crippen molar-refractivity contribution in [1.82, 2.24) is 9.21 Å². The van der Waals surface area contributed by atoms with Crippen molar-refractivity contribution in [2.24, 2.45) is 5.92 Å². The molecule has 31 heavy (non-hydrogen) atoms. The Morgan fingerprint density at radius 3 is 2.29 bits per heavy atom. The number of rotatable bonds is 7. The summed E-state index contributed by atoms with van der Waals surface area (Å²) in [5.74, 6) is 0.501. The Bertz CT molecular complexity index is 893. The summed E-state index contributed by atoms with van der Waals surface area (Å²) in [6, 6.07) is 0. The van der Waals surface area contributed by atoms with E-state index in [1.807, 2.05) is 0 Å². The highest BCUT2D eigenvalue weighted by Gasteiger charge is 2.37. The quantitative estimate of drug-likeness (QED) is 0.587. The van der Waals surface area contributed by atoms with E-state index in [1.165, 1.54) is 50.4 Å². The summed E-state index contributed by atoms with van der Waals surface area (Å²) in [5.41, 5.74) is -0.0544. The van der Waals surface area contributed by atoms with Crippen molar-refractivity contribution < 1.29 is 27.2 Å². The van der Waals surface area contributed by atoms with Crippen LogP contribution in [-0.2, 0) is 19.6 Å². The fourth-order valence-corrected chi connectivity index (χ4v) is 6.59. The van der Waals surface area contributed by atoms with Crippen LogP contribution in [0.1, 0.15) is 73.2 Å². The van der Waals surface area contributed by atoms with Crippen LogP contribution in [0.15, 0.2) is 9.31 Å². The van der Waals surface area contributed by atoms with Crippen LogP contribution in [0.3, 0.4) is 0 Å². The predicted molar refractivity (Wildman–Crippen MR) is 115 cm³/mol. The fourth-order valence-electron chi connectivity index (χ4n) is 4.79. The monoisotopic (exact) mass is 454 g/mol. The molecule has 0 atom stereocenters. The number of nitrogens with zero attached hydrogens (tertiary/aromatic N) is 2. The third kappa shape index (κ3) is 5.31. The first-order valence-corrected chi connectivity index (χ1v) is 12.7. The van der Waals surface area contributed by atoms with Crippen LogP contribution < -0.4 is 0 Å². The Morgan fingerprint density at radius 1 is 1.03 bits per heavy atom. The van der Waals surface area contributed by atoms with Crippen LogP contribution in [0.25, 0.3) is 0 Å². The maximum absolute atomic E-state index is 13.2. The van der Waals surface area contributed by atoms with Gasteiger partial charge < -0.3 is 14.1 Å². The van der Waals surface area contributed by atoms with E-state index in [2.05, 4.69) is 0 Å². The van der Waals surface area contributed by atoms with Gasteiger partial charge in [0, 0.05) is 32.6 Å². The average Bonchev–Trinajstić information content (AvgIpc) is 3.08. The van der Waals surface area contributed by atoms with Crippen molar-refractivity contribution in [3.05, 3.63) is 17.1 Å². The smallest absolute Gasteiger partial charge is 0.342 e. The standard InChI is InChI=1S/C22H34N2O6S/c1-16-20(22(26)29-3)21(17(2)30-16)31(27,28)24-14-12-23(13-15-24)19(25)11-7-10-18-8-5-4-6-9-18/h18H,4-15H2,1-3H3. The summed E-state index contributed by atoms with van der Waals surface area (Å²) in [4.78, 5) is 26.3. The molecule has 0 radical (unpaired) electrons. The fraction of sp³-hybridized carbons (Fsp3) is 0.727. The van der Waals surface area contributed by atoms with E-state index in [-0.39, 0.29) is 41.0 Å². The molecule has 0 aromatic carbocycles. The zero-order chi connectivity index (χ0) is 22.6. The van der Waals surface area contributed by atoms with Gasteiger partial charge in [-0.05, 0) is 32.6 Å². The molecule has 3 rings (SSSR count). The molecular weight excluding hydrogens is 420 g/mol. The molecule has 1 aliphatic heterocycles. The molecule has 2 fully saturated rings. The molecule has 0 N–H and O–H groups in total. The largest absolute Gasteiger partial charge is 0.465 e. The lowest BCUT2D eigenvalue weighted by molar-refractivity contribution is -0.132. The lowest BCUT2D eigenvalue weighted by Crippen LogP contribution is -2.50. The minimum absolute atomic E-state index is 0.0544.